The van der Waals surface area contributed by atoms with E-state index in [2.05, 4.69) is 53.1 Å². The first-order valence-electron chi connectivity index (χ1n) is 12.5. The zero-order valence-electron chi connectivity index (χ0n) is 20.1. The highest BCUT2D eigenvalue weighted by atomic mass is 16.5. The van der Waals surface area contributed by atoms with Gasteiger partial charge in [-0.2, -0.15) is 0 Å². The molecule has 1 aliphatic heterocycles. The van der Waals surface area contributed by atoms with E-state index >= 15 is 0 Å². The van der Waals surface area contributed by atoms with Gasteiger partial charge >= 0.3 is 5.97 Å². The number of benzene rings is 3. The molecule has 3 aromatic rings. The number of ether oxygens (including phenoxy) is 1. The number of nitrogens with one attached hydrogen (secondary N) is 2. The molecule has 5 atom stereocenters. The average Bonchev–Trinajstić information content (AvgIpc) is 3.52. The summed E-state index contributed by atoms with van der Waals surface area (Å²) in [5.74, 6) is 1.89. The number of fused-ring (bicyclic) bond motifs is 7. The van der Waals surface area contributed by atoms with Crippen LogP contribution >= 0.6 is 0 Å². The number of esters is 1. The van der Waals surface area contributed by atoms with Crippen molar-refractivity contribution in [2.45, 2.75) is 38.1 Å². The molecule has 0 saturated heterocycles. The molecular formula is C30H30N2O3. The maximum absolute atomic E-state index is 13.3. The SMILES string of the molecule is COC(=O)c1cccc(NC(=O)c2ccc3c(c2)[C@@H]2[C@H]4CC[C@@H](C4)[C@@H]2[C@H](c2ccccc2)N3)c1C. The van der Waals surface area contributed by atoms with E-state index in [1.165, 1.54) is 37.5 Å². The second-order valence-electron chi connectivity index (χ2n) is 10.2. The van der Waals surface area contributed by atoms with Crippen LogP contribution in [0.25, 0.3) is 0 Å². The lowest BCUT2D eigenvalue weighted by Crippen LogP contribution is -2.35. The number of methoxy groups -OCH3 is 1. The maximum atomic E-state index is 13.3. The number of anilines is 2. The van der Waals surface area contributed by atoms with Gasteiger partial charge in [0.1, 0.15) is 0 Å². The van der Waals surface area contributed by atoms with Gasteiger partial charge in [0.25, 0.3) is 5.91 Å². The minimum atomic E-state index is -0.409. The second kappa shape index (κ2) is 8.56. The molecule has 6 rings (SSSR count). The molecule has 0 spiro atoms. The molecule has 0 unspecified atom stereocenters. The Morgan fingerprint density at radius 1 is 0.971 bits per heavy atom. The zero-order valence-corrected chi connectivity index (χ0v) is 20.1. The predicted octanol–water partition coefficient (Wildman–Crippen LogP) is 6.33. The van der Waals surface area contributed by atoms with Crippen LogP contribution < -0.4 is 10.6 Å². The Labute approximate surface area is 205 Å². The van der Waals surface area contributed by atoms with Crippen molar-refractivity contribution in [3.05, 3.63) is 94.5 Å². The summed E-state index contributed by atoms with van der Waals surface area (Å²) >= 11 is 0. The summed E-state index contributed by atoms with van der Waals surface area (Å²) in [4.78, 5) is 25.4. The number of amides is 1. The number of rotatable bonds is 4. The minimum absolute atomic E-state index is 0.164. The first-order valence-corrected chi connectivity index (χ1v) is 12.5. The Bertz CT molecular complexity index is 1300. The van der Waals surface area contributed by atoms with Crippen LogP contribution in [0.3, 0.4) is 0 Å². The number of carbonyl (C=O) groups excluding carboxylic acids is 2. The highest BCUT2D eigenvalue weighted by Gasteiger charge is 2.53. The fraction of sp³-hybridized carbons (Fsp3) is 0.333. The Hall–Kier alpha value is -3.60. The van der Waals surface area contributed by atoms with Gasteiger partial charge in [-0.25, -0.2) is 4.79 Å². The Morgan fingerprint density at radius 3 is 2.57 bits per heavy atom. The second-order valence-corrected chi connectivity index (χ2v) is 10.2. The van der Waals surface area contributed by atoms with Crippen LogP contribution in [-0.4, -0.2) is 19.0 Å². The molecule has 2 aliphatic carbocycles. The van der Waals surface area contributed by atoms with Crippen LogP contribution in [0.15, 0.2) is 66.7 Å². The van der Waals surface area contributed by atoms with Crippen LogP contribution in [0.5, 0.6) is 0 Å². The molecule has 1 amide bonds. The molecule has 2 fully saturated rings. The van der Waals surface area contributed by atoms with Crippen molar-refractivity contribution in [1.82, 2.24) is 0 Å². The molecule has 2 N–H and O–H groups in total. The van der Waals surface area contributed by atoms with Gasteiger partial charge in [-0.05, 0) is 96.9 Å². The summed E-state index contributed by atoms with van der Waals surface area (Å²) in [6, 6.07) is 22.5. The summed E-state index contributed by atoms with van der Waals surface area (Å²) in [6.45, 7) is 1.82. The molecule has 0 aromatic heterocycles. The van der Waals surface area contributed by atoms with Gasteiger partial charge in [0.05, 0.1) is 18.7 Å². The van der Waals surface area contributed by atoms with E-state index in [4.69, 9.17) is 4.74 Å². The number of hydrogen-bond donors (Lipinski definition) is 2. The van der Waals surface area contributed by atoms with Crippen molar-refractivity contribution in [2.24, 2.45) is 17.8 Å². The van der Waals surface area contributed by atoms with Crippen LogP contribution in [0.4, 0.5) is 11.4 Å². The third kappa shape index (κ3) is 3.61. The van der Waals surface area contributed by atoms with Crippen molar-refractivity contribution >= 4 is 23.3 Å². The maximum Gasteiger partial charge on any atom is 0.338 e. The van der Waals surface area contributed by atoms with Gasteiger partial charge in [0.15, 0.2) is 0 Å². The van der Waals surface area contributed by atoms with Gasteiger partial charge in [0.2, 0.25) is 0 Å². The van der Waals surface area contributed by atoms with Crippen LogP contribution in [0.1, 0.15) is 68.6 Å². The van der Waals surface area contributed by atoms with Crippen molar-refractivity contribution in [3.63, 3.8) is 0 Å². The molecule has 3 aromatic carbocycles. The molecule has 1 heterocycles. The minimum Gasteiger partial charge on any atom is -0.465 e. The summed E-state index contributed by atoms with van der Waals surface area (Å²) in [6.07, 6.45) is 3.88. The topological polar surface area (TPSA) is 67.4 Å². The third-order valence-corrected chi connectivity index (χ3v) is 8.50. The van der Waals surface area contributed by atoms with Crippen molar-refractivity contribution in [3.8, 4) is 0 Å². The fourth-order valence-electron chi connectivity index (χ4n) is 6.91. The first kappa shape index (κ1) is 21.9. The Kier molecular flexibility index (Phi) is 5.36. The molecule has 178 valence electrons. The fourth-order valence-corrected chi connectivity index (χ4v) is 6.91. The van der Waals surface area contributed by atoms with E-state index < -0.39 is 5.97 Å². The smallest absolute Gasteiger partial charge is 0.338 e. The summed E-state index contributed by atoms with van der Waals surface area (Å²) in [5, 5.41) is 6.85. The van der Waals surface area contributed by atoms with Crippen molar-refractivity contribution < 1.29 is 14.3 Å². The molecule has 3 aliphatic rings. The molecule has 5 heteroatoms. The molecule has 35 heavy (non-hydrogen) atoms. The molecule has 2 saturated carbocycles. The van der Waals surface area contributed by atoms with E-state index in [9.17, 15) is 9.59 Å². The lowest BCUT2D eigenvalue weighted by atomic mass is 9.68. The third-order valence-electron chi connectivity index (χ3n) is 8.50. The summed E-state index contributed by atoms with van der Waals surface area (Å²) < 4.78 is 4.87. The average molecular weight is 467 g/mol. The highest BCUT2D eigenvalue weighted by molar-refractivity contribution is 6.06. The lowest BCUT2D eigenvalue weighted by molar-refractivity contribution is 0.0599. The molecular weight excluding hydrogens is 436 g/mol. The highest BCUT2D eigenvalue weighted by Crippen LogP contribution is 2.63. The van der Waals surface area contributed by atoms with E-state index in [0.29, 0.717) is 46.2 Å². The van der Waals surface area contributed by atoms with Crippen molar-refractivity contribution in [2.75, 3.05) is 17.7 Å². The van der Waals surface area contributed by atoms with Crippen molar-refractivity contribution in [1.29, 1.82) is 0 Å². The first-order chi connectivity index (χ1) is 17.0. The largest absolute Gasteiger partial charge is 0.465 e. The van der Waals surface area contributed by atoms with E-state index in [1.807, 2.05) is 19.1 Å². The van der Waals surface area contributed by atoms with E-state index in [1.54, 1.807) is 12.1 Å². The summed E-state index contributed by atoms with van der Waals surface area (Å²) in [7, 11) is 1.36. The Morgan fingerprint density at radius 2 is 1.77 bits per heavy atom. The number of hydrogen-bond acceptors (Lipinski definition) is 4. The van der Waals surface area contributed by atoms with Gasteiger partial charge in [0, 0.05) is 16.9 Å². The van der Waals surface area contributed by atoms with E-state index in [0.717, 1.165) is 11.6 Å². The summed E-state index contributed by atoms with van der Waals surface area (Å²) in [5.41, 5.74) is 6.20. The zero-order chi connectivity index (χ0) is 24.1. The molecule has 0 radical (unpaired) electrons. The normalized spacial score (nSPS) is 25.8. The van der Waals surface area contributed by atoms with Crippen LogP contribution in [-0.2, 0) is 4.74 Å². The quantitative estimate of drug-likeness (QED) is 0.441. The van der Waals surface area contributed by atoms with Crippen LogP contribution in [0, 0.1) is 24.7 Å². The standard InChI is InChI=1S/C30H30N2O3/c1-17-22(30(34)35-2)9-6-10-24(17)32-29(33)21-13-14-25-23(16-21)26-19-11-12-20(15-19)27(26)28(31-25)18-7-4-3-5-8-18/h3-10,13-14,16,19-20,26-28,31H,11-12,15H2,1-2H3,(H,32,33)/t19-,20-,26-,27-,28-/m0/s1. The van der Waals surface area contributed by atoms with Gasteiger partial charge in [-0.1, -0.05) is 36.4 Å². The lowest BCUT2D eigenvalue weighted by Gasteiger charge is -2.43. The number of carbonyl (C=O) groups is 2. The van der Waals surface area contributed by atoms with E-state index in [-0.39, 0.29) is 5.91 Å². The van der Waals surface area contributed by atoms with Gasteiger partial charge in [-0.3, -0.25) is 4.79 Å². The molecule has 5 nitrogen and oxygen atoms in total. The van der Waals surface area contributed by atoms with Gasteiger partial charge < -0.3 is 15.4 Å². The van der Waals surface area contributed by atoms with Gasteiger partial charge in [-0.15, -0.1) is 0 Å². The molecule has 2 bridgehead atoms. The monoisotopic (exact) mass is 466 g/mol. The predicted molar refractivity (Wildman–Crippen MR) is 137 cm³/mol. The van der Waals surface area contributed by atoms with Crippen LogP contribution in [0.2, 0.25) is 0 Å². The Balaban J connectivity index is 1.32.